The van der Waals surface area contributed by atoms with Crippen LogP contribution < -0.4 is 20.1 Å². The number of hydrogen-bond donors (Lipinski definition) is 2. The molecule has 0 aliphatic rings. The van der Waals surface area contributed by atoms with E-state index in [2.05, 4.69) is 31.4 Å². The van der Waals surface area contributed by atoms with Gasteiger partial charge in [0.2, 0.25) is 0 Å². The minimum atomic E-state index is -0.311. The van der Waals surface area contributed by atoms with Gasteiger partial charge >= 0.3 is 0 Å². The molecule has 6 heteroatoms. The van der Waals surface area contributed by atoms with E-state index in [1.54, 1.807) is 0 Å². The predicted molar refractivity (Wildman–Crippen MR) is 127 cm³/mol. The molecule has 0 aliphatic carbocycles. The van der Waals surface area contributed by atoms with E-state index in [4.69, 9.17) is 21.7 Å². The zero-order valence-corrected chi connectivity index (χ0v) is 19.1. The molecule has 2 rings (SSSR count). The van der Waals surface area contributed by atoms with Gasteiger partial charge < -0.3 is 14.8 Å². The molecule has 2 N–H and O–H groups in total. The first kappa shape index (κ1) is 23.7. The molecule has 0 atom stereocenters. The Morgan fingerprint density at radius 3 is 2.37 bits per heavy atom. The average Bonchev–Trinajstić information content (AvgIpc) is 2.70. The fourth-order valence-electron chi connectivity index (χ4n) is 3.04. The van der Waals surface area contributed by atoms with Crippen molar-refractivity contribution in [2.24, 2.45) is 0 Å². The Hall–Kier alpha value is -2.60. The van der Waals surface area contributed by atoms with Crippen molar-refractivity contribution < 1.29 is 14.3 Å². The predicted octanol–water partition coefficient (Wildman–Crippen LogP) is 5.58. The Labute approximate surface area is 185 Å². The van der Waals surface area contributed by atoms with Gasteiger partial charge in [0.1, 0.15) is 11.5 Å². The van der Waals surface area contributed by atoms with Crippen molar-refractivity contribution in [2.45, 2.75) is 52.9 Å². The summed E-state index contributed by atoms with van der Waals surface area (Å²) < 4.78 is 11.3. The van der Waals surface area contributed by atoms with Crippen LogP contribution in [0.4, 0.5) is 5.69 Å². The summed E-state index contributed by atoms with van der Waals surface area (Å²) in [5.41, 5.74) is 3.20. The van der Waals surface area contributed by atoms with Crippen LogP contribution in [0.25, 0.3) is 0 Å². The first-order valence-electron chi connectivity index (χ1n) is 10.5. The average molecular weight is 429 g/mol. The highest BCUT2D eigenvalue weighted by atomic mass is 32.1. The van der Waals surface area contributed by atoms with Gasteiger partial charge in [-0.25, -0.2) is 0 Å². The van der Waals surface area contributed by atoms with Gasteiger partial charge in [0.15, 0.2) is 11.7 Å². The lowest BCUT2D eigenvalue weighted by Crippen LogP contribution is -2.37. The number of thiocarbonyl (C=S) groups is 1. The van der Waals surface area contributed by atoms with E-state index in [1.807, 2.05) is 49.4 Å². The molecule has 30 heavy (non-hydrogen) atoms. The van der Waals surface area contributed by atoms with Crippen molar-refractivity contribution in [1.29, 1.82) is 0 Å². The van der Waals surface area contributed by atoms with Crippen LogP contribution in [0, 0.1) is 6.92 Å². The lowest BCUT2D eigenvalue weighted by atomic mass is 9.98. The molecule has 0 unspecified atom stereocenters. The molecule has 2 aromatic rings. The zero-order chi connectivity index (χ0) is 21.9. The van der Waals surface area contributed by atoms with Crippen molar-refractivity contribution in [3.63, 3.8) is 0 Å². The second-order valence-corrected chi connectivity index (χ2v) is 7.95. The summed E-state index contributed by atoms with van der Waals surface area (Å²) in [4.78, 5) is 12.1. The number of benzene rings is 2. The van der Waals surface area contributed by atoms with E-state index in [0.717, 1.165) is 30.0 Å². The lowest BCUT2D eigenvalue weighted by Gasteiger charge is -2.13. The third-order valence-electron chi connectivity index (χ3n) is 4.61. The molecule has 0 radical (unpaired) electrons. The van der Waals surface area contributed by atoms with Crippen LogP contribution in [0.3, 0.4) is 0 Å². The molecular weight excluding hydrogens is 396 g/mol. The van der Waals surface area contributed by atoms with Crippen LogP contribution in [0.5, 0.6) is 11.5 Å². The van der Waals surface area contributed by atoms with Crippen molar-refractivity contribution in [3.05, 3.63) is 53.6 Å². The number of hydrogen-bond acceptors (Lipinski definition) is 4. The van der Waals surface area contributed by atoms with E-state index < -0.39 is 0 Å². The van der Waals surface area contributed by atoms with Crippen LogP contribution in [0.15, 0.2) is 42.5 Å². The molecule has 0 heterocycles. The van der Waals surface area contributed by atoms with Gasteiger partial charge in [0, 0.05) is 5.69 Å². The van der Waals surface area contributed by atoms with Crippen LogP contribution in [-0.2, 0) is 4.79 Å². The number of nitrogens with one attached hydrogen (secondary N) is 2. The first-order valence-corrected chi connectivity index (χ1v) is 10.9. The molecule has 0 fully saturated rings. The zero-order valence-electron chi connectivity index (χ0n) is 18.3. The third-order valence-corrected chi connectivity index (χ3v) is 4.82. The van der Waals surface area contributed by atoms with Gasteiger partial charge in [-0.05, 0) is 79.0 Å². The highest BCUT2D eigenvalue weighted by Gasteiger charge is 2.08. The third kappa shape index (κ3) is 8.03. The molecule has 0 saturated heterocycles. The van der Waals surface area contributed by atoms with E-state index >= 15 is 0 Å². The van der Waals surface area contributed by atoms with Crippen molar-refractivity contribution in [1.82, 2.24) is 5.32 Å². The van der Waals surface area contributed by atoms with Gasteiger partial charge in [0.05, 0.1) is 6.61 Å². The Morgan fingerprint density at radius 2 is 1.73 bits per heavy atom. The fraction of sp³-hybridized carbons (Fsp3) is 0.417. The quantitative estimate of drug-likeness (QED) is 0.382. The van der Waals surface area contributed by atoms with E-state index in [0.29, 0.717) is 11.7 Å². The molecule has 2 aromatic carbocycles. The highest BCUT2D eigenvalue weighted by Crippen LogP contribution is 2.23. The van der Waals surface area contributed by atoms with Crippen LogP contribution in [0.1, 0.15) is 57.1 Å². The summed E-state index contributed by atoms with van der Waals surface area (Å²) in [7, 11) is 0. The summed E-state index contributed by atoms with van der Waals surface area (Å²) in [6.45, 7) is 9.13. The monoisotopic (exact) mass is 428 g/mol. The number of rotatable bonds is 10. The molecule has 0 spiro atoms. The van der Waals surface area contributed by atoms with Crippen molar-refractivity contribution >= 4 is 28.9 Å². The Bertz CT molecular complexity index is 835. The summed E-state index contributed by atoms with van der Waals surface area (Å²) in [5, 5.41) is 5.85. The number of carbonyl (C=O) groups is 1. The van der Waals surface area contributed by atoms with Crippen LogP contribution in [-0.4, -0.2) is 24.2 Å². The maximum absolute atomic E-state index is 12.1. The van der Waals surface area contributed by atoms with E-state index in [9.17, 15) is 4.79 Å². The summed E-state index contributed by atoms with van der Waals surface area (Å²) in [6, 6.07) is 13.4. The number of unbranched alkanes of at least 4 members (excludes halogenated alkanes) is 2. The molecule has 162 valence electrons. The summed E-state index contributed by atoms with van der Waals surface area (Å²) in [6.07, 6.45) is 3.39. The molecular formula is C24H32N2O3S. The highest BCUT2D eigenvalue weighted by molar-refractivity contribution is 7.80. The maximum Gasteiger partial charge on any atom is 0.264 e. The standard InChI is InChI=1S/C24H32N2O3S/c1-5-6-7-14-28-20-10-8-19(9-11-20)25-24(30)26-23(27)16-29-21-12-13-22(17(2)3)18(4)15-21/h8-13,15,17H,5-7,14,16H2,1-4H3,(H2,25,26,27,30). The summed E-state index contributed by atoms with van der Waals surface area (Å²) >= 11 is 5.21. The maximum atomic E-state index is 12.1. The number of amides is 1. The molecule has 5 nitrogen and oxygen atoms in total. The normalized spacial score (nSPS) is 10.6. The van der Waals surface area contributed by atoms with E-state index in [1.165, 1.54) is 18.4 Å². The molecule has 0 aliphatic heterocycles. The van der Waals surface area contributed by atoms with Gasteiger partial charge in [-0.15, -0.1) is 0 Å². The Kier molecular flexibility index (Phi) is 9.61. The van der Waals surface area contributed by atoms with E-state index in [-0.39, 0.29) is 17.6 Å². The van der Waals surface area contributed by atoms with Gasteiger partial charge in [-0.2, -0.15) is 0 Å². The number of aryl methyl sites for hydroxylation is 1. The van der Waals surface area contributed by atoms with Gasteiger partial charge in [-0.3, -0.25) is 10.1 Å². The minimum Gasteiger partial charge on any atom is -0.494 e. The summed E-state index contributed by atoms with van der Waals surface area (Å²) in [5.74, 6) is 1.63. The van der Waals surface area contributed by atoms with Crippen LogP contribution in [0.2, 0.25) is 0 Å². The smallest absolute Gasteiger partial charge is 0.264 e. The van der Waals surface area contributed by atoms with Crippen molar-refractivity contribution in [3.8, 4) is 11.5 Å². The topological polar surface area (TPSA) is 59.6 Å². The molecule has 0 aromatic heterocycles. The largest absolute Gasteiger partial charge is 0.494 e. The second-order valence-electron chi connectivity index (χ2n) is 7.54. The van der Waals surface area contributed by atoms with Gasteiger partial charge in [0.25, 0.3) is 5.91 Å². The first-order chi connectivity index (χ1) is 14.4. The second kappa shape index (κ2) is 12.2. The minimum absolute atomic E-state index is 0.104. The number of anilines is 1. The van der Waals surface area contributed by atoms with Crippen LogP contribution >= 0.6 is 12.2 Å². The number of carbonyl (C=O) groups excluding carboxylic acids is 1. The molecule has 1 amide bonds. The molecule has 0 saturated carbocycles. The Morgan fingerprint density at radius 1 is 1.03 bits per heavy atom. The van der Waals surface area contributed by atoms with Gasteiger partial charge in [-0.1, -0.05) is 39.7 Å². The SMILES string of the molecule is CCCCCOc1ccc(NC(=S)NC(=O)COc2ccc(C(C)C)c(C)c2)cc1. The number of ether oxygens (including phenoxy) is 2. The fourth-order valence-corrected chi connectivity index (χ4v) is 3.27. The lowest BCUT2D eigenvalue weighted by molar-refractivity contribution is -0.121. The Balaban J connectivity index is 1.75. The van der Waals surface area contributed by atoms with Crippen molar-refractivity contribution in [2.75, 3.05) is 18.5 Å². The molecule has 0 bridgehead atoms.